The quantitative estimate of drug-likeness (QED) is 0.410. The Balaban J connectivity index is 1.78. The molecule has 0 atom stereocenters. The van der Waals surface area contributed by atoms with E-state index in [0.29, 0.717) is 4.80 Å². The average Bonchev–Trinajstić information content (AvgIpc) is 3.14. The van der Waals surface area contributed by atoms with Gasteiger partial charge in [0.15, 0.2) is 0 Å². The summed E-state index contributed by atoms with van der Waals surface area (Å²) in [5, 5.41) is 14.2. The van der Waals surface area contributed by atoms with Crippen LogP contribution in [-0.2, 0) is 0 Å². The molecule has 0 saturated carbocycles. The van der Waals surface area contributed by atoms with Gasteiger partial charge in [-0.1, -0.05) is 65.9 Å². The van der Waals surface area contributed by atoms with Crippen LogP contribution in [0, 0.1) is 0 Å². The summed E-state index contributed by atoms with van der Waals surface area (Å²) in [6.45, 7) is 0. The first kappa shape index (κ1) is 16.1. The number of benzene rings is 2. The van der Waals surface area contributed by atoms with E-state index in [9.17, 15) is 0 Å². The molecular weight excluding hydrogens is 342 g/mol. The van der Waals surface area contributed by atoms with Crippen molar-refractivity contribution in [2.75, 3.05) is 0 Å². The molecule has 2 aromatic carbocycles. The number of hydrogen-bond acceptors (Lipinski definition) is 5. The minimum Gasteiger partial charge on any atom is -0.264 e. The zero-order valence-corrected chi connectivity index (χ0v) is 14.6. The van der Waals surface area contributed by atoms with Gasteiger partial charge in [-0.15, -0.1) is 5.10 Å². The Morgan fingerprint density at radius 2 is 1.65 bits per heavy atom. The normalized spacial score (nSPS) is 11.9. The number of aromatic nitrogens is 3. The molecule has 6 heteroatoms. The van der Waals surface area contributed by atoms with Crippen molar-refractivity contribution in [1.29, 1.82) is 0 Å². The number of hydrogen-bond donors (Lipinski definition) is 0. The zero-order chi connectivity index (χ0) is 17.6. The summed E-state index contributed by atoms with van der Waals surface area (Å²) in [4.78, 5) is 4.78. The van der Waals surface area contributed by atoms with E-state index in [0.717, 1.165) is 21.8 Å². The SMILES string of the molecule is C(=N\N=c1\sc(-c2ccccc2)nn1-c1ccccc1)/c1cccnc1. The first-order valence-corrected chi connectivity index (χ1v) is 8.90. The van der Waals surface area contributed by atoms with Crippen molar-refractivity contribution < 1.29 is 0 Å². The molecule has 0 aliphatic carbocycles. The van der Waals surface area contributed by atoms with Crippen LogP contribution in [0.4, 0.5) is 0 Å². The van der Waals surface area contributed by atoms with Crippen LogP contribution >= 0.6 is 11.3 Å². The molecule has 4 aromatic rings. The summed E-state index contributed by atoms with van der Waals surface area (Å²) in [5.41, 5.74) is 2.90. The smallest absolute Gasteiger partial charge is 0.233 e. The Bertz CT molecular complexity index is 1070. The fourth-order valence-corrected chi connectivity index (χ4v) is 3.25. The predicted molar refractivity (Wildman–Crippen MR) is 104 cm³/mol. The molecular formula is C20H15N5S. The first-order chi connectivity index (χ1) is 12.9. The lowest BCUT2D eigenvalue weighted by atomic mass is 10.2. The van der Waals surface area contributed by atoms with Gasteiger partial charge in [-0.05, 0) is 18.2 Å². The van der Waals surface area contributed by atoms with E-state index >= 15 is 0 Å². The maximum atomic E-state index is 4.73. The Kier molecular flexibility index (Phi) is 4.75. The van der Waals surface area contributed by atoms with Crippen LogP contribution in [0.3, 0.4) is 0 Å². The van der Waals surface area contributed by atoms with Crippen LogP contribution < -0.4 is 4.80 Å². The van der Waals surface area contributed by atoms with E-state index in [-0.39, 0.29) is 0 Å². The lowest BCUT2D eigenvalue weighted by Crippen LogP contribution is -2.13. The summed E-state index contributed by atoms with van der Waals surface area (Å²) in [6, 6.07) is 23.8. The number of pyridine rings is 1. The third-order valence-electron chi connectivity index (χ3n) is 3.62. The molecule has 0 radical (unpaired) electrons. The fraction of sp³-hybridized carbons (Fsp3) is 0. The summed E-state index contributed by atoms with van der Waals surface area (Å²) in [5.74, 6) is 0. The summed E-state index contributed by atoms with van der Waals surface area (Å²) < 4.78 is 1.81. The van der Waals surface area contributed by atoms with E-state index in [1.165, 1.54) is 11.3 Å². The lowest BCUT2D eigenvalue weighted by molar-refractivity contribution is 0.824. The monoisotopic (exact) mass is 357 g/mol. The van der Waals surface area contributed by atoms with Gasteiger partial charge in [-0.25, -0.2) is 4.68 Å². The molecule has 5 nitrogen and oxygen atoms in total. The molecule has 0 fully saturated rings. The molecule has 0 N–H and O–H groups in total. The van der Waals surface area contributed by atoms with Gasteiger partial charge in [0.05, 0.1) is 11.9 Å². The Morgan fingerprint density at radius 3 is 2.38 bits per heavy atom. The van der Waals surface area contributed by atoms with Crippen molar-refractivity contribution in [2.24, 2.45) is 10.2 Å². The summed E-state index contributed by atoms with van der Waals surface area (Å²) in [6.07, 6.45) is 5.16. The molecule has 2 heterocycles. The maximum Gasteiger partial charge on any atom is 0.233 e. The highest BCUT2D eigenvalue weighted by Gasteiger charge is 2.08. The van der Waals surface area contributed by atoms with E-state index in [4.69, 9.17) is 5.10 Å². The van der Waals surface area contributed by atoms with Crippen LogP contribution in [0.1, 0.15) is 5.56 Å². The molecule has 126 valence electrons. The minimum atomic E-state index is 0.704. The van der Waals surface area contributed by atoms with Gasteiger partial charge >= 0.3 is 0 Å². The third-order valence-corrected chi connectivity index (χ3v) is 4.56. The highest BCUT2D eigenvalue weighted by atomic mass is 32.1. The van der Waals surface area contributed by atoms with Crippen LogP contribution in [0.5, 0.6) is 0 Å². The maximum absolute atomic E-state index is 4.73. The van der Waals surface area contributed by atoms with E-state index in [1.54, 1.807) is 18.6 Å². The lowest BCUT2D eigenvalue weighted by Gasteiger charge is -1.99. The molecule has 2 aromatic heterocycles. The Hall–Kier alpha value is -3.38. The molecule has 4 rings (SSSR count). The van der Waals surface area contributed by atoms with E-state index in [1.807, 2.05) is 77.5 Å². The van der Waals surface area contributed by atoms with Crippen molar-refractivity contribution in [3.8, 4) is 16.3 Å². The van der Waals surface area contributed by atoms with Crippen LogP contribution in [0.2, 0.25) is 0 Å². The second-order valence-corrected chi connectivity index (χ2v) is 6.39. The predicted octanol–water partition coefficient (Wildman–Crippen LogP) is 3.93. The first-order valence-electron chi connectivity index (χ1n) is 8.08. The molecule has 0 bridgehead atoms. The van der Waals surface area contributed by atoms with Crippen LogP contribution in [0.15, 0.2) is 95.4 Å². The van der Waals surface area contributed by atoms with Crippen molar-refractivity contribution in [2.45, 2.75) is 0 Å². The van der Waals surface area contributed by atoms with Crippen molar-refractivity contribution in [3.63, 3.8) is 0 Å². The molecule has 26 heavy (non-hydrogen) atoms. The molecule has 0 aliphatic heterocycles. The topological polar surface area (TPSA) is 55.4 Å². The third kappa shape index (κ3) is 3.65. The second-order valence-electron chi connectivity index (χ2n) is 5.43. The highest BCUT2D eigenvalue weighted by Crippen LogP contribution is 2.19. The summed E-state index contributed by atoms with van der Waals surface area (Å²) >= 11 is 1.50. The second kappa shape index (κ2) is 7.67. The Labute approximate surface area is 154 Å². The molecule has 0 amide bonds. The molecule has 0 saturated heterocycles. The van der Waals surface area contributed by atoms with Gasteiger partial charge in [0, 0.05) is 23.5 Å². The van der Waals surface area contributed by atoms with Gasteiger partial charge in [0.1, 0.15) is 5.01 Å². The average molecular weight is 357 g/mol. The molecule has 0 aliphatic rings. The van der Waals surface area contributed by atoms with Crippen LogP contribution in [-0.4, -0.2) is 21.0 Å². The number of nitrogens with zero attached hydrogens (tertiary/aromatic N) is 5. The van der Waals surface area contributed by atoms with Gasteiger partial charge in [0.2, 0.25) is 4.80 Å². The van der Waals surface area contributed by atoms with Gasteiger partial charge in [0.25, 0.3) is 0 Å². The van der Waals surface area contributed by atoms with E-state index < -0.39 is 0 Å². The van der Waals surface area contributed by atoms with Crippen molar-refractivity contribution in [3.05, 3.63) is 95.6 Å². The van der Waals surface area contributed by atoms with Crippen molar-refractivity contribution >= 4 is 17.6 Å². The van der Waals surface area contributed by atoms with Gasteiger partial charge in [-0.2, -0.15) is 10.2 Å². The van der Waals surface area contributed by atoms with Crippen LogP contribution in [0.25, 0.3) is 16.3 Å². The largest absolute Gasteiger partial charge is 0.264 e. The Morgan fingerprint density at radius 1 is 0.885 bits per heavy atom. The van der Waals surface area contributed by atoms with Gasteiger partial charge < -0.3 is 0 Å². The van der Waals surface area contributed by atoms with E-state index in [2.05, 4.69) is 15.2 Å². The minimum absolute atomic E-state index is 0.704. The highest BCUT2D eigenvalue weighted by molar-refractivity contribution is 7.12. The standard InChI is InChI=1S/C20H15N5S/c1-3-9-17(10-4-1)19-24-25(18-11-5-2-6-12-18)20(26-19)23-22-15-16-8-7-13-21-14-16/h1-15H/b22-15+,23-20+. The number of rotatable bonds is 4. The molecule has 0 spiro atoms. The number of para-hydroxylation sites is 1. The molecule has 0 unspecified atom stereocenters. The van der Waals surface area contributed by atoms with Crippen molar-refractivity contribution in [1.82, 2.24) is 14.8 Å². The fourth-order valence-electron chi connectivity index (χ4n) is 2.38. The zero-order valence-electron chi connectivity index (χ0n) is 13.8. The van der Waals surface area contributed by atoms with Gasteiger partial charge in [-0.3, -0.25) is 4.98 Å². The summed E-state index contributed by atoms with van der Waals surface area (Å²) in [7, 11) is 0.